The number of methoxy groups -OCH3 is 1. The van der Waals surface area contributed by atoms with E-state index in [1.54, 1.807) is 12.0 Å². The van der Waals surface area contributed by atoms with Crippen molar-refractivity contribution in [1.82, 2.24) is 14.9 Å². The van der Waals surface area contributed by atoms with Gasteiger partial charge in [-0.1, -0.05) is 0 Å². The quantitative estimate of drug-likeness (QED) is 0.836. The van der Waals surface area contributed by atoms with Crippen LogP contribution in [0.15, 0.2) is 24.5 Å². The Morgan fingerprint density at radius 2 is 1.92 bits per heavy atom. The van der Waals surface area contributed by atoms with E-state index in [1.165, 1.54) is 6.33 Å². The van der Waals surface area contributed by atoms with E-state index in [-0.39, 0.29) is 12.2 Å². The van der Waals surface area contributed by atoms with E-state index < -0.39 is 5.60 Å². The fraction of sp³-hybridized carbons (Fsp3) is 0.526. The van der Waals surface area contributed by atoms with Crippen LogP contribution in [0.2, 0.25) is 0 Å². The zero-order valence-electron chi connectivity index (χ0n) is 15.7. The first-order valence-corrected chi connectivity index (χ1v) is 8.79. The van der Waals surface area contributed by atoms with Crippen molar-refractivity contribution in [1.29, 1.82) is 0 Å². The molecule has 7 nitrogen and oxygen atoms in total. The maximum atomic E-state index is 12.2. The molecule has 140 valence electrons. The summed E-state index contributed by atoms with van der Waals surface area (Å²) in [5.74, 6) is 1.28. The molecule has 1 aliphatic heterocycles. The normalized spacial score (nSPS) is 15.8. The predicted molar refractivity (Wildman–Crippen MR) is 97.5 cm³/mol. The number of benzene rings is 1. The minimum atomic E-state index is -0.483. The summed E-state index contributed by atoms with van der Waals surface area (Å²) in [6.07, 6.45) is 2.69. The lowest BCUT2D eigenvalue weighted by molar-refractivity contribution is 0.0124. The highest BCUT2D eigenvalue weighted by atomic mass is 16.6. The monoisotopic (exact) mass is 359 g/mol. The molecule has 26 heavy (non-hydrogen) atoms. The van der Waals surface area contributed by atoms with Gasteiger partial charge in [-0.25, -0.2) is 14.8 Å². The van der Waals surface area contributed by atoms with Crippen LogP contribution in [0, 0.1) is 0 Å². The number of amides is 1. The van der Waals surface area contributed by atoms with Gasteiger partial charge in [0.2, 0.25) is 5.88 Å². The van der Waals surface area contributed by atoms with Crippen molar-refractivity contribution in [2.24, 2.45) is 0 Å². The lowest BCUT2D eigenvalue weighted by Crippen LogP contribution is -2.44. The predicted octanol–water partition coefficient (Wildman–Crippen LogP) is 3.42. The number of fused-ring (bicyclic) bond motifs is 1. The van der Waals surface area contributed by atoms with Gasteiger partial charge in [-0.05, 0) is 39.0 Å². The van der Waals surface area contributed by atoms with Gasteiger partial charge in [0.05, 0.1) is 18.0 Å². The van der Waals surface area contributed by atoms with Gasteiger partial charge < -0.3 is 19.1 Å². The molecule has 1 fully saturated rings. The number of rotatable bonds is 3. The number of nitrogens with zero attached hydrogens (tertiary/aromatic N) is 3. The minimum absolute atomic E-state index is 0.00186. The average Bonchev–Trinajstić information content (AvgIpc) is 2.61. The van der Waals surface area contributed by atoms with Crippen molar-refractivity contribution in [3.63, 3.8) is 0 Å². The summed E-state index contributed by atoms with van der Waals surface area (Å²) in [6.45, 7) is 6.82. The third-order valence-electron chi connectivity index (χ3n) is 4.18. The molecular formula is C19H25N3O4. The Bertz CT molecular complexity index is 780. The van der Waals surface area contributed by atoms with E-state index in [0.717, 1.165) is 29.5 Å². The first-order valence-electron chi connectivity index (χ1n) is 8.79. The second-order valence-corrected chi connectivity index (χ2v) is 7.35. The molecule has 0 saturated carbocycles. The molecule has 3 rings (SSSR count). The van der Waals surface area contributed by atoms with E-state index in [0.29, 0.717) is 19.0 Å². The molecule has 2 heterocycles. The lowest BCUT2D eigenvalue weighted by Gasteiger charge is -2.33. The Hall–Kier alpha value is -2.57. The highest BCUT2D eigenvalue weighted by molar-refractivity contribution is 5.84. The van der Waals surface area contributed by atoms with Crippen molar-refractivity contribution in [3.05, 3.63) is 24.5 Å². The summed E-state index contributed by atoms with van der Waals surface area (Å²) < 4.78 is 16.8. The van der Waals surface area contributed by atoms with Crippen LogP contribution in [0.5, 0.6) is 11.6 Å². The van der Waals surface area contributed by atoms with Crippen LogP contribution in [-0.4, -0.2) is 52.9 Å². The smallest absolute Gasteiger partial charge is 0.410 e. The molecule has 0 aliphatic carbocycles. The standard InChI is InChI=1S/C19H25N3O4/c1-19(2,3)26-18(23)22-9-7-13(8-10-22)25-17-15-11-14(24-4)5-6-16(15)20-12-21-17/h5-6,11-13H,7-10H2,1-4H3. The zero-order chi connectivity index (χ0) is 18.7. The van der Waals surface area contributed by atoms with Crippen LogP contribution in [0.1, 0.15) is 33.6 Å². The topological polar surface area (TPSA) is 73.8 Å². The molecule has 1 amide bonds. The molecule has 0 radical (unpaired) electrons. The number of likely N-dealkylation sites (tertiary alicyclic amines) is 1. The maximum Gasteiger partial charge on any atom is 0.410 e. The van der Waals surface area contributed by atoms with Crippen LogP contribution >= 0.6 is 0 Å². The molecule has 0 atom stereocenters. The summed E-state index contributed by atoms with van der Waals surface area (Å²) in [5, 5.41) is 0.821. The van der Waals surface area contributed by atoms with Gasteiger partial charge in [0.25, 0.3) is 0 Å². The molecule has 1 aromatic heterocycles. The van der Waals surface area contributed by atoms with Gasteiger partial charge in [0, 0.05) is 25.9 Å². The largest absolute Gasteiger partial charge is 0.497 e. The van der Waals surface area contributed by atoms with Crippen molar-refractivity contribution in [2.45, 2.75) is 45.3 Å². The highest BCUT2D eigenvalue weighted by Crippen LogP contribution is 2.28. The molecule has 7 heteroatoms. The first-order chi connectivity index (χ1) is 12.4. The van der Waals surface area contributed by atoms with Crippen molar-refractivity contribution >= 4 is 17.0 Å². The van der Waals surface area contributed by atoms with E-state index >= 15 is 0 Å². The third kappa shape index (κ3) is 4.33. The van der Waals surface area contributed by atoms with Crippen molar-refractivity contribution < 1.29 is 19.0 Å². The summed E-state index contributed by atoms with van der Waals surface area (Å²) >= 11 is 0. The number of carbonyl (C=O) groups is 1. The van der Waals surface area contributed by atoms with E-state index in [4.69, 9.17) is 14.2 Å². The Morgan fingerprint density at radius 1 is 1.19 bits per heavy atom. The Labute approximate surface area is 153 Å². The Balaban J connectivity index is 1.65. The van der Waals surface area contributed by atoms with Crippen molar-refractivity contribution in [3.8, 4) is 11.6 Å². The number of carbonyl (C=O) groups excluding carboxylic acids is 1. The molecule has 1 aromatic carbocycles. The summed E-state index contributed by atoms with van der Waals surface area (Å²) in [6, 6.07) is 5.62. The van der Waals surface area contributed by atoms with Crippen LogP contribution in [0.3, 0.4) is 0 Å². The number of ether oxygens (including phenoxy) is 3. The van der Waals surface area contributed by atoms with Crippen LogP contribution in [0.25, 0.3) is 10.9 Å². The second-order valence-electron chi connectivity index (χ2n) is 7.35. The maximum absolute atomic E-state index is 12.2. The number of hydrogen-bond donors (Lipinski definition) is 0. The van der Waals surface area contributed by atoms with Crippen LogP contribution in [0.4, 0.5) is 4.79 Å². The second kappa shape index (κ2) is 7.35. The van der Waals surface area contributed by atoms with Gasteiger partial charge in [-0.2, -0.15) is 0 Å². The first kappa shape index (κ1) is 18.2. The number of aromatic nitrogens is 2. The lowest BCUT2D eigenvalue weighted by atomic mass is 10.1. The minimum Gasteiger partial charge on any atom is -0.497 e. The van der Waals surface area contributed by atoms with E-state index in [2.05, 4.69) is 9.97 Å². The number of hydrogen-bond acceptors (Lipinski definition) is 6. The Kier molecular flexibility index (Phi) is 5.15. The van der Waals surface area contributed by atoms with Gasteiger partial charge in [-0.15, -0.1) is 0 Å². The average molecular weight is 359 g/mol. The fourth-order valence-electron chi connectivity index (χ4n) is 2.87. The van der Waals surface area contributed by atoms with Crippen LogP contribution < -0.4 is 9.47 Å². The zero-order valence-corrected chi connectivity index (χ0v) is 15.7. The molecule has 2 aromatic rings. The number of piperidine rings is 1. The third-order valence-corrected chi connectivity index (χ3v) is 4.18. The molecule has 1 saturated heterocycles. The highest BCUT2D eigenvalue weighted by Gasteiger charge is 2.28. The molecule has 0 spiro atoms. The van der Waals surface area contributed by atoms with Gasteiger partial charge in [0.15, 0.2) is 0 Å². The van der Waals surface area contributed by atoms with Gasteiger partial charge in [0.1, 0.15) is 23.8 Å². The van der Waals surface area contributed by atoms with Gasteiger partial charge >= 0.3 is 6.09 Å². The fourth-order valence-corrected chi connectivity index (χ4v) is 2.87. The Morgan fingerprint density at radius 3 is 2.58 bits per heavy atom. The van der Waals surface area contributed by atoms with E-state index in [1.807, 2.05) is 39.0 Å². The molecule has 0 bridgehead atoms. The van der Waals surface area contributed by atoms with Crippen molar-refractivity contribution in [2.75, 3.05) is 20.2 Å². The molecule has 0 N–H and O–H groups in total. The van der Waals surface area contributed by atoms with Crippen LogP contribution in [-0.2, 0) is 4.74 Å². The molecular weight excluding hydrogens is 334 g/mol. The molecule has 1 aliphatic rings. The summed E-state index contributed by atoms with van der Waals surface area (Å²) in [5.41, 5.74) is 0.325. The van der Waals surface area contributed by atoms with Gasteiger partial charge in [-0.3, -0.25) is 0 Å². The SMILES string of the molecule is COc1ccc2ncnc(OC3CCN(C(=O)OC(C)(C)C)CC3)c2c1. The summed E-state index contributed by atoms with van der Waals surface area (Å²) in [7, 11) is 1.62. The summed E-state index contributed by atoms with van der Waals surface area (Å²) in [4.78, 5) is 22.4. The molecule has 0 unspecified atom stereocenters. The van der Waals surface area contributed by atoms with E-state index in [9.17, 15) is 4.79 Å².